The zero-order valence-electron chi connectivity index (χ0n) is 32.0. The van der Waals surface area contributed by atoms with Crippen molar-refractivity contribution >= 4 is 61.3 Å². The SMILES string of the molecule is CC1(C)CCC(CNCCNc2ccc(C(=O)NS(=O)(=O)c3cnc(OCC4CCOCC4)c(Cl)c3)c(Oc3cccc4[nH]ccc34)c2)=C(c2ccc(Cl)cc2)C1. The van der Waals surface area contributed by atoms with Crippen molar-refractivity contribution in [1.29, 1.82) is 0 Å². The molecule has 0 atom stereocenters. The summed E-state index contributed by atoms with van der Waals surface area (Å²) in [5.41, 5.74) is 5.80. The first-order valence-electron chi connectivity index (χ1n) is 19.2. The Balaban J connectivity index is 1.04. The van der Waals surface area contributed by atoms with E-state index in [0.717, 1.165) is 60.8 Å². The van der Waals surface area contributed by atoms with E-state index < -0.39 is 15.9 Å². The van der Waals surface area contributed by atoms with Gasteiger partial charge in [-0.05, 0) is 103 Å². The zero-order valence-corrected chi connectivity index (χ0v) is 34.3. The van der Waals surface area contributed by atoms with Gasteiger partial charge < -0.3 is 29.8 Å². The van der Waals surface area contributed by atoms with Gasteiger partial charge in [0.1, 0.15) is 21.4 Å². The van der Waals surface area contributed by atoms with E-state index in [0.29, 0.717) is 50.3 Å². The highest BCUT2D eigenvalue weighted by molar-refractivity contribution is 7.90. The summed E-state index contributed by atoms with van der Waals surface area (Å²) in [6, 6.07) is 21.7. The molecule has 0 radical (unpaired) electrons. The molecule has 1 saturated heterocycles. The minimum absolute atomic E-state index is 0.0205. The summed E-state index contributed by atoms with van der Waals surface area (Å²) >= 11 is 12.6. The predicted molar refractivity (Wildman–Crippen MR) is 225 cm³/mol. The number of carbonyl (C=O) groups excluding carboxylic acids is 1. The molecule has 3 aromatic carbocycles. The summed E-state index contributed by atoms with van der Waals surface area (Å²) < 4.78 is 46.6. The van der Waals surface area contributed by atoms with Crippen LogP contribution in [0.25, 0.3) is 16.5 Å². The molecule has 0 bridgehead atoms. The van der Waals surface area contributed by atoms with Crippen LogP contribution in [-0.2, 0) is 14.8 Å². The lowest BCUT2D eigenvalue weighted by Crippen LogP contribution is -2.31. The highest BCUT2D eigenvalue weighted by Crippen LogP contribution is 2.43. The third-order valence-electron chi connectivity index (χ3n) is 10.5. The molecular formula is C43H47Cl2N5O6S. The predicted octanol–water partition coefficient (Wildman–Crippen LogP) is 9.25. The molecule has 14 heteroatoms. The average molecular weight is 833 g/mol. The van der Waals surface area contributed by atoms with Crippen LogP contribution in [0.4, 0.5) is 5.69 Å². The lowest BCUT2D eigenvalue weighted by molar-refractivity contribution is 0.0490. The molecule has 5 aromatic rings. The Morgan fingerprint density at radius 3 is 2.60 bits per heavy atom. The third kappa shape index (κ3) is 10.3. The topological polar surface area (TPSA) is 144 Å². The van der Waals surface area contributed by atoms with Gasteiger partial charge in [0, 0.05) is 66.7 Å². The molecule has 1 aliphatic carbocycles. The fraction of sp³-hybridized carbons (Fsp3) is 0.349. The number of H-pyrrole nitrogens is 1. The Morgan fingerprint density at radius 1 is 1.00 bits per heavy atom. The normalized spacial score (nSPS) is 16.1. The number of pyridine rings is 1. The fourth-order valence-electron chi connectivity index (χ4n) is 7.19. The van der Waals surface area contributed by atoms with Gasteiger partial charge in [-0.25, -0.2) is 18.1 Å². The maximum atomic E-state index is 13.7. The number of rotatable bonds is 15. The molecule has 7 rings (SSSR count). The summed E-state index contributed by atoms with van der Waals surface area (Å²) in [5.74, 6) is 0.211. The second-order valence-electron chi connectivity index (χ2n) is 15.3. The fourth-order valence-corrected chi connectivity index (χ4v) is 8.54. The number of aromatic nitrogens is 2. The van der Waals surface area contributed by atoms with Gasteiger partial charge in [0.05, 0.1) is 18.4 Å². The van der Waals surface area contributed by atoms with Gasteiger partial charge in [0.25, 0.3) is 15.9 Å². The van der Waals surface area contributed by atoms with Crippen molar-refractivity contribution in [2.24, 2.45) is 11.3 Å². The van der Waals surface area contributed by atoms with Crippen molar-refractivity contribution in [3.05, 3.63) is 112 Å². The number of nitrogens with one attached hydrogen (secondary N) is 4. The molecular weight excluding hydrogens is 785 g/mol. The number of aromatic amines is 1. The molecule has 0 unspecified atom stereocenters. The Labute approximate surface area is 343 Å². The van der Waals surface area contributed by atoms with Crippen LogP contribution in [-0.4, -0.2) is 63.7 Å². The van der Waals surface area contributed by atoms with Crippen LogP contribution in [0.5, 0.6) is 17.4 Å². The number of hydrogen-bond donors (Lipinski definition) is 4. The third-order valence-corrected chi connectivity index (χ3v) is 12.3. The summed E-state index contributed by atoms with van der Waals surface area (Å²) in [4.78, 5) is 20.8. The number of carbonyl (C=O) groups is 1. The quantitative estimate of drug-likeness (QED) is 0.0760. The molecule has 0 saturated carbocycles. The molecule has 1 aliphatic heterocycles. The lowest BCUT2D eigenvalue weighted by Gasteiger charge is -2.34. The molecule has 1 amide bonds. The number of fused-ring (bicyclic) bond motifs is 1. The van der Waals surface area contributed by atoms with Crippen molar-refractivity contribution in [2.75, 3.05) is 44.8 Å². The minimum Gasteiger partial charge on any atom is -0.476 e. The molecule has 11 nitrogen and oxygen atoms in total. The van der Waals surface area contributed by atoms with Crippen LogP contribution in [0.15, 0.2) is 95.7 Å². The van der Waals surface area contributed by atoms with Gasteiger partial charge in [-0.1, -0.05) is 60.8 Å². The largest absolute Gasteiger partial charge is 0.476 e. The van der Waals surface area contributed by atoms with Crippen molar-refractivity contribution in [2.45, 2.75) is 50.8 Å². The number of ether oxygens (including phenoxy) is 3. The van der Waals surface area contributed by atoms with E-state index >= 15 is 0 Å². The van der Waals surface area contributed by atoms with E-state index in [2.05, 4.69) is 51.3 Å². The number of hydrogen-bond acceptors (Lipinski definition) is 9. The van der Waals surface area contributed by atoms with Crippen LogP contribution in [0.2, 0.25) is 10.0 Å². The van der Waals surface area contributed by atoms with Gasteiger partial charge in [0.2, 0.25) is 5.88 Å². The van der Waals surface area contributed by atoms with E-state index in [1.165, 1.54) is 22.8 Å². The van der Waals surface area contributed by atoms with Gasteiger partial charge in [-0.2, -0.15) is 0 Å². The van der Waals surface area contributed by atoms with Crippen LogP contribution in [0, 0.1) is 11.3 Å². The Bertz CT molecular complexity index is 2360. The molecule has 2 aromatic heterocycles. The number of sulfonamides is 1. The Hall–Kier alpha value is -4.59. The van der Waals surface area contributed by atoms with E-state index in [4.69, 9.17) is 37.4 Å². The van der Waals surface area contributed by atoms with E-state index in [9.17, 15) is 13.2 Å². The lowest BCUT2D eigenvalue weighted by atomic mass is 9.72. The first-order chi connectivity index (χ1) is 27.4. The van der Waals surface area contributed by atoms with Gasteiger partial charge >= 0.3 is 0 Å². The first kappa shape index (κ1) is 40.6. The molecule has 3 heterocycles. The maximum absolute atomic E-state index is 13.7. The Morgan fingerprint density at radius 2 is 1.81 bits per heavy atom. The zero-order chi connectivity index (χ0) is 40.0. The standard InChI is InChI=1S/C43H47Cl2N5O6S/c1-43(2)16-12-30(36(24-43)29-6-8-31(44)9-7-29)25-46-18-19-47-32-10-11-35(40(22-32)56-39-5-3-4-38-34(39)13-17-48-38)41(51)50-57(52,53)33-23-37(45)42(49-26-33)55-27-28-14-20-54-21-15-28/h3-11,13,17,22-23,26,28,46-48H,12,14-16,18-21,24-25,27H2,1-2H3,(H,50,51). The molecule has 300 valence electrons. The minimum atomic E-state index is -4.38. The van der Waals surface area contributed by atoms with Crippen LogP contribution in [0.1, 0.15) is 61.9 Å². The summed E-state index contributed by atoms with van der Waals surface area (Å²) in [6.45, 7) is 8.40. The molecule has 57 heavy (non-hydrogen) atoms. The average Bonchev–Trinajstić information content (AvgIpc) is 3.68. The van der Waals surface area contributed by atoms with Crippen molar-refractivity contribution in [3.63, 3.8) is 0 Å². The summed E-state index contributed by atoms with van der Waals surface area (Å²) in [6.07, 6.45) is 7.80. The van der Waals surface area contributed by atoms with Crippen molar-refractivity contribution < 1.29 is 27.4 Å². The van der Waals surface area contributed by atoms with E-state index in [1.807, 2.05) is 30.3 Å². The number of nitrogens with zero attached hydrogens (tertiary/aromatic N) is 1. The summed E-state index contributed by atoms with van der Waals surface area (Å²) in [7, 11) is -4.38. The smallest absolute Gasteiger partial charge is 0.268 e. The van der Waals surface area contributed by atoms with Crippen LogP contribution < -0.4 is 24.8 Å². The molecule has 0 spiro atoms. The van der Waals surface area contributed by atoms with Gasteiger partial charge in [0.15, 0.2) is 0 Å². The first-order valence-corrected chi connectivity index (χ1v) is 21.4. The number of benzene rings is 3. The number of allylic oxidation sites excluding steroid dienone is 1. The van der Waals surface area contributed by atoms with E-state index in [-0.39, 0.29) is 32.5 Å². The Kier molecular flexibility index (Phi) is 12.8. The molecule has 4 N–H and O–H groups in total. The van der Waals surface area contributed by atoms with Crippen molar-refractivity contribution in [1.82, 2.24) is 20.0 Å². The number of halogens is 2. The van der Waals surface area contributed by atoms with Crippen LogP contribution >= 0.6 is 23.2 Å². The second kappa shape index (κ2) is 17.9. The van der Waals surface area contributed by atoms with E-state index in [1.54, 1.807) is 30.5 Å². The molecule has 1 fully saturated rings. The summed E-state index contributed by atoms with van der Waals surface area (Å²) in [5, 5.41) is 8.56. The van der Waals surface area contributed by atoms with Gasteiger partial charge in [-0.3, -0.25) is 4.79 Å². The van der Waals surface area contributed by atoms with Gasteiger partial charge in [-0.15, -0.1) is 0 Å². The second-order valence-corrected chi connectivity index (χ2v) is 17.8. The number of amides is 1. The maximum Gasteiger partial charge on any atom is 0.268 e. The highest BCUT2D eigenvalue weighted by Gasteiger charge is 2.28. The highest BCUT2D eigenvalue weighted by atomic mass is 35.5. The van der Waals surface area contributed by atoms with Crippen LogP contribution in [0.3, 0.4) is 0 Å². The number of anilines is 1. The van der Waals surface area contributed by atoms with Crippen molar-refractivity contribution in [3.8, 4) is 17.4 Å². The molecule has 2 aliphatic rings. The monoisotopic (exact) mass is 831 g/mol.